The average Bonchev–Trinajstić information content (AvgIpc) is 2.08. The quantitative estimate of drug-likeness (QED) is 0.883. The fraction of sp³-hybridized carbons (Fsp3) is 0.455. The van der Waals surface area contributed by atoms with Crippen molar-refractivity contribution in [1.82, 2.24) is 0 Å². The van der Waals surface area contributed by atoms with Crippen molar-refractivity contribution >= 4 is 15.9 Å². The maximum absolute atomic E-state index is 13.9. The summed E-state index contributed by atoms with van der Waals surface area (Å²) in [5, 5.41) is 0. The highest BCUT2D eigenvalue weighted by molar-refractivity contribution is 9.10. The molecule has 82 valence electrons. The average molecular weight is 276 g/mol. The van der Waals surface area contributed by atoms with Crippen LogP contribution in [0.15, 0.2) is 22.7 Å². The second-order valence-electron chi connectivity index (χ2n) is 4.23. The Kier molecular flexibility index (Phi) is 2.81. The van der Waals surface area contributed by atoms with E-state index in [9.17, 15) is 8.78 Å². The highest BCUT2D eigenvalue weighted by atomic mass is 79.9. The van der Waals surface area contributed by atoms with E-state index < -0.39 is 5.67 Å². The summed E-state index contributed by atoms with van der Waals surface area (Å²) >= 11 is 3.16. The summed E-state index contributed by atoms with van der Waals surface area (Å²) in [6.45, 7) is 0. The van der Waals surface area contributed by atoms with E-state index in [-0.39, 0.29) is 18.3 Å². The van der Waals surface area contributed by atoms with Crippen LogP contribution in [-0.2, 0) is 6.42 Å². The summed E-state index contributed by atoms with van der Waals surface area (Å²) in [5.74, 6) is -0.359. The van der Waals surface area contributed by atoms with E-state index in [1.165, 1.54) is 6.07 Å². The van der Waals surface area contributed by atoms with Crippen molar-refractivity contribution in [2.24, 2.45) is 5.73 Å². The van der Waals surface area contributed by atoms with Gasteiger partial charge < -0.3 is 5.73 Å². The van der Waals surface area contributed by atoms with Crippen molar-refractivity contribution in [2.75, 3.05) is 0 Å². The molecule has 2 rings (SSSR count). The zero-order valence-corrected chi connectivity index (χ0v) is 9.73. The van der Waals surface area contributed by atoms with Gasteiger partial charge in [0.15, 0.2) is 0 Å². The predicted octanol–water partition coefficient (Wildman–Crippen LogP) is 2.96. The molecular weight excluding hydrogens is 264 g/mol. The summed E-state index contributed by atoms with van der Waals surface area (Å²) < 4.78 is 27.9. The molecule has 1 nitrogen and oxygen atoms in total. The first-order valence-corrected chi connectivity index (χ1v) is 5.66. The second kappa shape index (κ2) is 3.83. The molecule has 1 aromatic carbocycles. The molecular formula is C11H12BrF2N. The van der Waals surface area contributed by atoms with Gasteiger partial charge in [-0.25, -0.2) is 8.78 Å². The van der Waals surface area contributed by atoms with Gasteiger partial charge >= 0.3 is 0 Å². The van der Waals surface area contributed by atoms with E-state index in [1.54, 1.807) is 12.1 Å². The molecule has 0 aliphatic heterocycles. The van der Waals surface area contributed by atoms with E-state index >= 15 is 0 Å². The fourth-order valence-corrected chi connectivity index (χ4v) is 2.36. The number of rotatable bonds is 2. The minimum Gasteiger partial charge on any atom is -0.327 e. The third kappa shape index (κ3) is 2.37. The summed E-state index contributed by atoms with van der Waals surface area (Å²) in [6, 6.07) is 4.64. The van der Waals surface area contributed by atoms with Crippen molar-refractivity contribution in [3.05, 3.63) is 34.1 Å². The lowest BCUT2D eigenvalue weighted by Crippen LogP contribution is -2.49. The summed E-state index contributed by atoms with van der Waals surface area (Å²) in [7, 11) is 0. The maximum atomic E-state index is 13.9. The Morgan fingerprint density at radius 3 is 2.67 bits per heavy atom. The molecule has 4 heteroatoms. The van der Waals surface area contributed by atoms with Crippen LogP contribution in [0.4, 0.5) is 8.78 Å². The molecule has 0 spiro atoms. The zero-order valence-electron chi connectivity index (χ0n) is 8.14. The topological polar surface area (TPSA) is 26.0 Å². The van der Waals surface area contributed by atoms with Crippen molar-refractivity contribution in [3.63, 3.8) is 0 Å². The van der Waals surface area contributed by atoms with E-state index in [2.05, 4.69) is 15.9 Å². The van der Waals surface area contributed by atoms with Crippen LogP contribution in [0.3, 0.4) is 0 Å². The number of hydrogen-bond acceptors (Lipinski definition) is 1. The molecule has 0 saturated heterocycles. The van der Waals surface area contributed by atoms with Crippen molar-refractivity contribution in [2.45, 2.75) is 31.0 Å². The molecule has 1 fully saturated rings. The van der Waals surface area contributed by atoms with Gasteiger partial charge in [-0.05, 0) is 30.5 Å². The van der Waals surface area contributed by atoms with Gasteiger partial charge in [0.2, 0.25) is 0 Å². The van der Waals surface area contributed by atoms with E-state index in [0.717, 1.165) is 0 Å². The van der Waals surface area contributed by atoms with Crippen LogP contribution in [0.1, 0.15) is 18.4 Å². The van der Waals surface area contributed by atoms with Crippen LogP contribution < -0.4 is 5.73 Å². The van der Waals surface area contributed by atoms with Crippen LogP contribution in [0.25, 0.3) is 0 Å². The molecule has 0 unspecified atom stereocenters. The van der Waals surface area contributed by atoms with E-state index in [4.69, 9.17) is 5.73 Å². The van der Waals surface area contributed by atoms with Crippen LogP contribution in [0, 0.1) is 5.82 Å². The lowest BCUT2D eigenvalue weighted by atomic mass is 9.74. The van der Waals surface area contributed by atoms with Crippen LogP contribution in [0.5, 0.6) is 0 Å². The van der Waals surface area contributed by atoms with Gasteiger partial charge in [-0.1, -0.05) is 22.0 Å². The van der Waals surface area contributed by atoms with Crippen LogP contribution in [-0.4, -0.2) is 11.7 Å². The van der Waals surface area contributed by atoms with Crippen molar-refractivity contribution in [3.8, 4) is 0 Å². The largest absolute Gasteiger partial charge is 0.327 e. The molecule has 0 atom stereocenters. The Morgan fingerprint density at radius 1 is 1.47 bits per heavy atom. The molecule has 0 radical (unpaired) electrons. The van der Waals surface area contributed by atoms with Crippen LogP contribution in [0.2, 0.25) is 0 Å². The lowest BCUT2D eigenvalue weighted by molar-refractivity contribution is 0.0436. The van der Waals surface area contributed by atoms with E-state index in [0.29, 0.717) is 22.9 Å². The lowest BCUT2D eigenvalue weighted by Gasteiger charge is -2.39. The number of hydrogen-bond donors (Lipinski definition) is 1. The Morgan fingerprint density at radius 2 is 2.13 bits per heavy atom. The molecule has 0 aromatic heterocycles. The second-order valence-corrected chi connectivity index (χ2v) is 5.15. The first kappa shape index (κ1) is 11.0. The van der Waals surface area contributed by atoms with Gasteiger partial charge in [0.05, 0.1) is 0 Å². The van der Waals surface area contributed by atoms with Gasteiger partial charge in [-0.2, -0.15) is 0 Å². The van der Waals surface area contributed by atoms with Gasteiger partial charge in [-0.15, -0.1) is 0 Å². The first-order chi connectivity index (χ1) is 6.98. The summed E-state index contributed by atoms with van der Waals surface area (Å²) in [4.78, 5) is 0. The highest BCUT2D eigenvalue weighted by Crippen LogP contribution is 2.38. The van der Waals surface area contributed by atoms with Gasteiger partial charge in [-0.3, -0.25) is 0 Å². The number of halogens is 3. The monoisotopic (exact) mass is 275 g/mol. The maximum Gasteiger partial charge on any atom is 0.127 e. The summed E-state index contributed by atoms with van der Waals surface area (Å²) in [6.07, 6.45) is 0.796. The normalized spacial score (nSPS) is 30.0. The molecule has 1 aromatic rings. The number of nitrogens with two attached hydrogens (primary N) is 1. The molecule has 15 heavy (non-hydrogen) atoms. The van der Waals surface area contributed by atoms with Crippen LogP contribution >= 0.6 is 15.9 Å². The molecule has 0 amide bonds. The molecule has 0 bridgehead atoms. The third-order valence-electron chi connectivity index (χ3n) is 2.78. The Balaban J connectivity index is 2.11. The highest BCUT2D eigenvalue weighted by Gasteiger charge is 2.43. The number of benzene rings is 1. The molecule has 0 heterocycles. The Labute approximate surface area is 95.8 Å². The number of alkyl halides is 1. The minimum atomic E-state index is -1.30. The van der Waals surface area contributed by atoms with Crippen molar-refractivity contribution in [1.29, 1.82) is 0 Å². The van der Waals surface area contributed by atoms with Gasteiger partial charge in [0, 0.05) is 16.9 Å². The predicted molar refractivity (Wildman–Crippen MR) is 58.9 cm³/mol. The Bertz CT molecular complexity index is 375. The molecule has 2 N–H and O–H groups in total. The zero-order chi connectivity index (χ0) is 11.1. The molecule has 1 saturated carbocycles. The third-order valence-corrected chi connectivity index (χ3v) is 3.27. The molecule has 1 aliphatic rings. The first-order valence-electron chi connectivity index (χ1n) is 4.87. The molecule has 1 aliphatic carbocycles. The Hall–Kier alpha value is -0.480. The fourth-order valence-electron chi connectivity index (χ4n) is 2.03. The van der Waals surface area contributed by atoms with Crippen molar-refractivity contribution < 1.29 is 8.78 Å². The van der Waals surface area contributed by atoms with E-state index in [1.807, 2.05) is 0 Å². The summed E-state index contributed by atoms with van der Waals surface area (Å²) in [5.41, 5.74) is 4.65. The minimum absolute atomic E-state index is 0.0616. The van der Waals surface area contributed by atoms with Gasteiger partial charge in [0.25, 0.3) is 0 Å². The van der Waals surface area contributed by atoms with Gasteiger partial charge in [0.1, 0.15) is 11.5 Å². The smallest absolute Gasteiger partial charge is 0.127 e. The SMILES string of the molecule is NC1CC(F)(Cc2ccc(Br)cc2F)C1. The standard InChI is InChI=1S/C11H12BrF2N/c12-8-2-1-7(10(13)3-8)4-11(14)5-9(15)6-11/h1-3,9H,4-6,15H2.